The Hall–Kier alpha value is -1.71. The molecule has 0 heterocycles. The summed E-state index contributed by atoms with van der Waals surface area (Å²) in [5.74, 6) is -1.06. The van der Waals surface area contributed by atoms with Crippen LogP contribution in [0.3, 0.4) is 0 Å². The first-order valence-corrected chi connectivity index (χ1v) is 13.8. The molecule has 0 aliphatic heterocycles. The number of sulfonamides is 1. The summed E-state index contributed by atoms with van der Waals surface area (Å²) in [6.07, 6.45) is 0.952. The second-order valence-corrected chi connectivity index (χ2v) is 12.6. The lowest BCUT2D eigenvalue weighted by Gasteiger charge is -2.33. The molecule has 2 amide bonds. The molecule has 2 aromatic rings. The lowest BCUT2D eigenvalue weighted by molar-refractivity contribution is -0.140. The first-order chi connectivity index (χ1) is 16.0. The maximum absolute atomic E-state index is 13.6. The first kappa shape index (κ1) is 29.5. The molecule has 0 saturated heterocycles. The summed E-state index contributed by atoms with van der Waals surface area (Å²) in [5, 5.41) is 3.89. The van der Waals surface area contributed by atoms with E-state index in [9.17, 15) is 18.0 Å². The lowest BCUT2D eigenvalue weighted by atomic mass is 10.1. The van der Waals surface area contributed by atoms with Gasteiger partial charge in [0.2, 0.25) is 21.8 Å². The van der Waals surface area contributed by atoms with Gasteiger partial charge in [0, 0.05) is 27.2 Å². The Morgan fingerprint density at radius 1 is 0.971 bits per heavy atom. The van der Waals surface area contributed by atoms with E-state index in [2.05, 4.69) is 5.32 Å². The minimum atomic E-state index is -3.95. The number of rotatable bonds is 8. The fourth-order valence-electron chi connectivity index (χ4n) is 3.16. The highest BCUT2D eigenvalue weighted by Gasteiger charge is 2.32. The van der Waals surface area contributed by atoms with Gasteiger partial charge in [-0.25, -0.2) is 8.42 Å². The Morgan fingerprint density at radius 2 is 1.54 bits per heavy atom. The molecule has 2 aromatic carbocycles. The molecular weight excluding hydrogens is 556 g/mol. The second-order valence-electron chi connectivity index (χ2n) is 9.04. The molecule has 1 atom stereocenters. The average Bonchev–Trinajstić information content (AvgIpc) is 2.70. The lowest BCUT2D eigenvalue weighted by Crippen LogP contribution is -2.54. The monoisotopic (exact) mass is 581 g/mol. The highest BCUT2D eigenvalue weighted by atomic mass is 35.5. The van der Waals surface area contributed by atoms with Crippen molar-refractivity contribution in [1.29, 1.82) is 0 Å². The number of hydrogen-bond donors (Lipinski definition) is 1. The molecule has 2 rings (SSSR count). The van der Waals surface area contributed by atoms with Crippen LogP contribution < -0.4 is 9.62 Å². The van der Waals surface area contributed by atoms with Crippen LogP contribution in [0.5, 0.6) is 0 Å². The Kier molecular flexibility index (Phi) is 9.75. The van der Waals surface area contributed by atoms with Crippen molar-refractivity contribution in [2.45, 2.75) is 45.8 Å². The summed E-state index contributed by atoms with van der Waals surface area (Å²) < 4.78 is 26.1. The maximum Gasteiger partial charge on any atom is 0.244 e. The van der Waals surface area contributed by atoms with Gasteiger partial charge in [0.1, 0.15) is 12.6 Å². The van der Waals surface area contributed by atoms with E-state index in [4.69, 9.17) is 46.4 Å². The van der Waals surface area contributed by atoms with Crippen LogP contribution in [0.1, 0.15) is 33.3 Å². The third kappa shape index (κ3) is 8.43. The van der Waals surface area contributed by atoms with Crippen molar-refractivity contribution in [3.05, 3.63) is 62.1 Å². The van der Waals surface area contributed by atoms with Crippen LogP contribution in [0.15, 0.2) is 36.4 Å². The first-order valence-electron chi connectivity index (χ1n) is 10.5. The number of carbonyl (C=O) groups excluding carboxylic acids is 2. The van der Waals surface area contributed by atoms with E-state index < -0.39 is 40.0 Å². The van der Waals surface area contributed by atoms with E-state index in [0.29, 0.717) is 15.6 Å². The molecule has 0 aromatic heterocycles. The summed E-state index contributed by atoms with van der Waals surface area (Å²) in [5.41, 5.74) is 0.0308. The molecule has 35 heavy (non-hydrogen) atoms. The highest BCUT2D eigenvalue weighted by molar-refractivity contribution is 7.92. The summed E-state index contributed by atoms with van der Waals surface area (Å²) in [4.78, 5) is 27.8. The van der Waals surface area contributed by atoms with E-state index in [1.165, 1.54) is 29.2 Å². The topological polar surface area (TPSA) is 86.8 Å². The van der Waals surface area contributed by atoms with Crippen molar-refractivity contribution < 1.29 is 18.0 Å². The standard InChI is InChI=1S/C23H27Cl4N3O4S/c1-14(22(32)28-23(2,3)4)29(12-15-6-7-16(24)10-19(15)27)21(31)13-30(35(5,33)34)20-11-17(25)8-9-18(20)26/h6-11,14H,12-13H2,1-5H3,(H,28,32). The zero-order chi connectivity index (χ0) is 26.7. The number of nitrogens with one attached hydrogen (secondary N) is 1. The third-order valence-electron chi connectivity index (χ3n) is 4.88. The van der Waals surface area contributed by atoms with Gasteiger partial charge in [0.15, 0.2) is 0 Å². The van der Waals surface area contributed by atoms with Crippen LogP contribution in [0.2, 0.25) is 20.1 Å². The Morgan fingerprint density at radius 3 is 2.09 bits per heavy atom. The second kappa shape index (κ2) is 11.6. The van der Waals surface area contributed by atoms with Crippen LogP contribution >= 0.6 is 46.4 Å². The Bertz CT molecular complexity index is 1220. The van der Waals surface area contributed by atoms with E-state index in [0.717, 1.165) is 10.6 Å². The molecule has 1 unspecified atom stereocenters. The summed E-state index contributed by atoms with van der Waals surface area (Å²) in [6.45, 7) is 6.32. The quantitative estimate of drug-likeness (QED) is 0.451. The maximum atomic E-state index is 13.6. The van der Waals surface area contributed by atoms with Crippen LogP contribution in [0.4, 0.5) is 5.69 Å². The molecule has 0 saturated carbocycles. The summed E-state index contributed by atoms with van der Waals surface area (Å²) >= 11 is 24.6. The van der Waals surface area contributed by atoms with Crippen molar-refractivity contribution in [2.24, 2.45) is 0 Å². The van der Waals surface area contributed by atoms with Gasteiger partial charge in [-0.2, -0.15) is 0 Å². The van der Waals surface area contributed by atoms with Crippen molar-refractivity contribution >= 4 is 73.9 Å². The van der Waals surface area contributed by atoms with E-state index in [-0.39, 0.29) is 22.3 Å². The number of halogens is 4. The number of hydrogen-bond acceptors (Lipinski definition) is 4. The van der Waals surface area contributed by atoms with Crippen molar-refractivity contribution in [3.8, 4) is 0 Å². The van der Waals surface area contributed by atoms with Crippen LogP contribution in [0, 0.1) is 0 Å². The third-order valence-corrected chi connectivity index (χ3v) is 7.15. The fourth-order valence-corrected chi connectivity index (χ4v) is 4.92. The van der Waals surface area contributed by atoms with Gasteiger partial charge in [0.25, 0.3) is 0 Å². The molecule has 1 N–H and O–H groups in total. The normalized spacial score (nSPS) is 12.7. The van der Waals surface area contributed by atoms with Gasteiger partial charge >= 0.3 is 0 Å². The summed E-state index contributed by atoms with van der Waals surface area (Å²) in [7, 11) is -3.95. The van der Waals surface area contributed by atoms with E-state index >= 15 is 0 Å². The highest BCUT2D eigenvalue weighted by Crippen LogP contribution is 2.31. The molecule has 0 aliphatic rings. The van der Waals surface area contributed by atoms with Gasteiger partial charge in [-0.05, 0) is 63.6 Å². The molecule has 0 bridgehead atoms. The van der Waals surface area contributed by atoms with Crippen LogP contribution in [0.25, 0.3) is 0 Å². The number of nitrogens with zero attached hydrogens (tertiary/aromatic N) is 2. The molecule has 0 aliphatic carbocycles. The van der Waals surface area contributed by atoms with Crippen LogP contribution in [-0.2, 0) is 26.2 Å². The minimum Gasteiger partial charge on any atom is -0.350 e. The predicted molar refractivity (Wildman–Crippen MR) is 143 cm³/mol. The molecule has 7 nitrogen and oxygen atoms in total. The largest absolute Gasteiger partial charge is 0.350 e. The molecule has 0 fully saturated rings. The fraction of sp³-hybridized carbons (Fsp3) is 0.391. The van der Waals surface area contributed by atoms with Gasteiger partial charge in [-0.15, -0.1) is 0 Å². The predicted octanol–water partition coefficient (Wildman–Crippen LogP) is 5.40. The number of amides is 2. The number of carbonyl (C=O) groups is 2. The van der Waals surface area contributed by atoms with Gasteiger partial charge in [0.05, 0.1) is 17.0 Å². The minimum absolute atomic E-state index is 0.0475. The Labute approximate surface area is 226 Å². The van der Waals surface area contributed by atoms with Crippen molar-refractivity contribution in [1.82, 2.24) is 10.2 Å². The smallest absolute Gasteiger partial charge is 0.244 e. The van der Waals surface area contributed by atoms with Gasteiger partial charge in [-0.1, -0.05) is 52.5 Å². The van der Waals surface area contributed by atoms with Gasteiger partial charge in [-0.3, -0.25) is 13.9 Å². The Balaban J connectivity index is 2.49. The van der Waals surface area contributed by atoms with E-state index in [1.807, 2.05) is 20.8 Å². The molecule has 192 valence electrons. The van der Waals surface area contributed by atoms with Crippen LogP contribution in [-0.4, -0.2) is 49.5 Å². The zero-order valence-electron chi connectivity index (χ0n) is 19.9. The van der Waals surface area contributed by atoms with Crippen molar-refractivity contribution in [2.75, 3.05) is 17.1 Å². The summed E-state index contributed by atoms with van der Waals surface area (Å²) in [6, 6.07) is 8.12. The molecule has 0 spiro atoms. The van der Waals surface area contributed by atoms with E-state index in [1.54, 1.807) is 19.1 Å². The SMILES string of the molecule is CC(C(=O)NC(C)(C)C)N(Cc1ccc(Cl)cc1Cl)C(=O)CN(c1cc(Cl)ccc1Cl)S(C)(=O)=O. The van der Waals surface area contributed by atoms with Crippen molar-refractivity contribution in [3.63, 3.8) is 0 Å². The molecular formula is C23H27Cl4N3O4S. The number of anilines is 1. The van der Waals surface area contributed by atoms with Gasteiger partial charge < -0.3 is 10.2 Å². The zero-order valence-corrected chi connectivity index (χ0v) is 23.7. The molecule has 0 radical (unpaired) electrons. The number of benzene rings is 2. The average molecular weight is 583 g/mol. The molecule has 12 heteroatoms.